The maximum Gasteiger partial charge on any atom is 0.343 e. The molecule has 7 nitrogen and oxygen atoms in total. The third-order valence-corrected chi connectivity index (χ3v) is 6.72. The summed E-state index contributed by atoms with van der Waals surface area (Å²) < 4.78 is 26.5. The Labute approximate surface area is 185 Å². The van der Waals surface area contributed by atoms with Gasteiger partial charge in [-0.25, -0.2) is 13.2 Å². The van der Waals surface area contributed by atoms with Crippen LogP contribution in [0.15, 0.2) is 94.7 Å². The number of carbonyl (C=O) groups is 1. The highest BCUT2D eigenvalue weighted by atomic mass is 32.2. The zero-order chi connectivity index (χ0) is 22.7. The smallest absolute Gasteiger partial charge is 0.343 e. The van der Waals surface area contributed by atoms with Crippen molar-refractivity contribution in [3.05, 3.63) is 96.2 Å². The quantitative estimate of drug-likeness (QED) is 0.442. The minimum atomic E-state index is -3.92. The van der Waals surface area contributed by atoms with E-state index in [1.165, 1.54) is 24.3 Å². The van der Waals surface area contributed by atoms with Crippen LogP contribution in [0.1, 0.15) is 11.3 Å². The van der Waals surface area contributed by atoms with E-state index in [2.05, 4.69) is 4.98 Å². The topological polar surface area (TPSA) is 103 Å². The van der Waals surface area contributed by atoms with E-state index < -0.39 is 15.9 Å². The highest BCUT2D eigenvalue weighted by Crippen LogP contribution is 2.31. The average Bonchev–Trinajstić information content (AvgIpc) is 2.79. The normalized spacial score (nSPS) is 11.4. The largest absolute Gasteiger partial charge is 0.349 e. The molecule has 0 saturated carbocycles. The van der Waals surface area contributed by atoms with Crippen LogP contribution in [-0.2, 0) is 21.3 Å². The second kappa shape index (κ2) is 8.78. The lowest BCUT2D eigenvalue weighted by molar-refractivity contribution is 0.105. The molecule has 0 radical (unpaired) electrons. The molecule has 2 amide bonds. The van der Waals surface area contributed by atoms with E-state index in [1.54, 1.807) is 30.3 Å². The molecule has 0 aliphatic carbocycles. The van der Waals surface area contributed by atoms with E-state index in [-0.39, 0.29) is 22.1 Å². The number of benzene rings is 3. The number of aryl methyl sites for hydroxylation is 1. The van der Waals surface area contributed by atoms with Crippen molar-refractivity contribution in [2.45, 2.75) is 23.3 Å². The van der Waals surface area contributed by atoms with Crippen LogP contribution in [0.25, 0.3) is 10.9 Å². The lowest BCUT2D eigenvalue weighted by Gasteiger charge is -2.22. The minimum absolute atomic E-state index is 0.0290. The van der Waals surface area contributed by atoms with Gasteiger partial charge in [0, 0.05) is 5.39 Å². The first-order chi connectivity index (χ1) is 15.4. The molecule has 0 aliphatic heterocycles. The summed E-state index contributed by atoms with van der Waals surface area (Å²) in [5.41, 5.74) is 7.85. The Hall–Kier alpha value is -3.75. The van der Waals surface area contributed by atoms with E-state index in [0.29, 0.717) is 5.69 Å². The number of amides is 2. The lowest BCUT2D eigenvalue weighted by Crippen LogP contribution is -2.36. The third kappa shape index (κ3) is 4.32. The Morgan fingerprint density at radius 2 is 1.62 bits per heavy atom. The summed E-state index contributed by atoms with van der Waals surface area (Å²) in [4.78, 5) is 22.4. The number of anilines is 1. The Balaban J connectivity index is 1.67. The molecule has 162 valence electrons. The number of pyridine rings is 1. The predicted octanol–water partition coefficient (Wildman–Crippen LogP) is 4.39. The summed E-state index contributed by atoms with van der Waals surface area (Å²) in [6.45, 7) is 1.79. The van der Waals surface area contributed by atoms with Gasteiger partial charge in [-0.1, -0.05) is 54.1 Å². The molecule has 3 aromatic carbocycles. The van der Waals surface area contributed by atoms with Crippen molar-refractivity contribution in [3.63, 3.8) is 0 Å². The van der Waals surface area contributed by atoms with Crippen molar-refractivity contribution >= 4 is 32.5 Å². The molecule has 4 rings (SSSR count). The summed E-state index contributed by atoms with van der Waals surface area (Å²) in [5.74, 6) is 0. The van der Waals surface area contributed by atoms with Gasteiger partial charge in [-0.05, 0) is 43.3 Å². The average molecular weight is 448 g/mol. The van der Waals surface area contributed by atoms with Crippen molar-refractivity contribution in [3.8, 4) is 0 Å². The SMILES string of the molecule is Cc1ccc(S(=O)(=O)c2ccccc2N(OCc2ccc3ccccc3n2)C(N)=O)cc1. The van der Waals surface area contributed by atoms with Crippen molar-refractivity contribution in [2.75, 3.05) is 5.06 Å². The van der Waals surface area contributed by atoms with Crippen molar-refractivity contribution < 1.29 is 18.0 Å². The molecule has 0 atom stereocenters. The number of carbonyl (C=O) groups excluding carboxylic acids is 1. The molecule has 1 aromatic heterocycles. The Morgan fingerprint density at radius 1 is 0.938 bits per heavy atom. The monoisotopic (exact) mass is 447 g/mol. The number of nitrogens with zero attached hydrogens (tertiary/aromatic N) is 2. The van der Waals surface area contributed by atoms with E-state index in [9.17, 15) is 13.2 Å². The minimum Gasteiger partial charge on any atom is -0.349 e. The molecule has 32 heavy (non-hydrogen) atoms. The number of rotatable bonds is 6. The van der Waals surface area contributed by atoms with Crippen LogP contribution >= 0.6 is 0 Å². The predicted molar refractivity (Wildman–Crippen MR) is 122 cm³/mol. The van der Waals surface area contributed by atoms with E-state index >= 15 is 0 Å². The maximum atomic E-state index is 13.3. The van der Waals surface area contributed by atoms with Gasteiger partial charge in [0.05, 0.1) is 26.7 Å². The van der Waals surface area contributed by atoms with Gasteiger partial charge in [-0.3, -0.25) is 9.82 Å². The standard InChI is InChI=1S/C24H21N3O4S/c1-17-10-14-20(15-11-17)32(29,30)23-9-5-4-8-22(23)27(24(25)28)31-16-19-13-12-18-6-2-3-7-21(18)26-19/h2-15H,16H2,1H3,(H2,25,28). The number of primary amides is 1. The van der Waals surface area contributed by atoms with Crippen molar-refractivity contribution in [1.29, 1.82) is 0 Å². The number of hydrogen-bond donors (Lipinski definition) is 1. The first-order valence-corrected chi connectivity index (χ1v) is 11.3. The first kappa shape index (κ1) is 21.5. The molecule has 8 heteroatoms. The fraction of sp³-hybridized carbons (Fsp3) is 0.0833. The molecule has 1 heterocycles. The molecule has 0 aliphatic rings. The number of urea groups is 1. The number of hydrogen-bond acceptors (Lipinski definition) is 5. The summed E-state index contributed by atoms with van der Waals surface area (Å²) >= 11 is 0. The fourth-order valence-corrected chi connectivity index (χ4v) is 4.70. The maximum absolute atomic E-state index is 13.3. The lowest BCUT2D eigenvalue weighted by atomic mass is 10.2. The van der Waals surface area contributed by atoms with Crippen LogP contribution in [0.5, 0.6) is 0 Å². The Kier molecular flexibility index (Phi) is 5.89. The molecule has 2 N–H and O–H groups in total. The Bertz CT molecular complexity index is 1390. The third-order valence-electron chi connectivity index (χ3n) is 4.90. The van der Waals surface area contributed by atoms with Gasteiger partial charge in [-0.2, -0.15) is 5.06 Å². The van der Waals surface area contributed by atoms with Gasteiger partial charge in [0.2, 0.25) is 9.84 Å². The van der Waals surface area contributed by atoms with Gasteiger partial charge >= 0.3 is 6.03 Å². The van der Waals surface area contributed by atoms with Gasteiger partial charge in [0.25, 0.3) is 0 Å². The molecule has 0 saturated heterocycles. The number of para-hydroxylation sites is 2. The summed E-state index contributed by atoms with van der Waals surface area (Å²) in [6, 6.07) is 22.9. The Morgan fingerprint density at radius 3 is 2.38 bits per heavy atom. The van der Waals surface area contributed by atoms with Gasteiger partial charge in [0.1, 0.15) is 6.61 Å². The molecular formula is C24H21N3O4S. The highest BCUT2D eigenvalue weighted by Gasteiger charge is 2.26. The number of fused-ring (bicyclic) bond motifs is 1. The van der Waals surface area contributed by atoms with E-state index in [0.717, 1.165) is 21.5 Å². The van der Waals surface area contributed by atoms with Crippen LogP contribution in [-0.4, -0.2) is 19.4 Å². The number of sulfone groups is 1. The zero-order valence-electron chi connectivity index (χ0n) is 17.3. The van der Waals surface area contributed by atoms with Crippen LogP contribution in [0.3, 0.4) is 0 Å². The molecule has 0 unspecified atom stereocenters. The van der Waals surface area contributed by atoms with Gasteiger partial charge in [0.15, 0.2) is 0 Å². The second-order valence-electron chi connectivity index (χ2n) is 7.19. The summed E-state index contributed by atoms with van der Waals surface area (Å²) in [5, 5.41) is 1.76. The molecule has 4 aromatic rings. The van der Waals surface area contributed by atoms with E-state index in [4.69, 9.17) is 10.6 Å². The zero-order valence-corrected chi connectivity index (χ0v) is 18.1. The van der Waals surface area contributed by atoms with Crippen molar-refractivity contribution in [1.82, 2.24) is 4.98 Å². The van der Waals surface area contributed by atoms with Crippen LogP contribution in [0.2, 0.25) is 0 Å². The van der Waals surface area contributed by atoms with Gasteiger partial charge in [-0.15, -0.1) is 0 Å². The van der Waals surface area contributed by atoms with Crippen LogP contribution in [0, 0.1) is 6.92 Å². The highest BCUT2D eigenvalue weighted by molar-refractivity contribution is 7.91. The van der Waals surface area contributed by atoms with Crippen molar-refractivity contribution in [2.24, 2.45) is 5.73 Å². The number of nitrogens with two attached hydrogens (primary N) is 1. The molecule has 0 bridgehead atoms. The number of hydroxylamine groups is 1. The molecular weight excluding hydrogens is 426 g/mol. The first-order valence-electron chi connectivity index (χ1n) is 9.84. The molecule has 0 fully saturated rings. The van der Waals surface area contributed by atoms with Gasteiger partial charge < -0.3 is 5.73 Å². The van der Waals surface area contributed by atoms with E-state index in [1.807, 2.05) is 37.3 Å². The summed E-state index contributed by atoms with van der Waals surface area (Å²) in [6.07, 6.45) is 0. The van der Waals surface area contributed by atoms with Crippen LogP contribution in [0.4, 0.5) is 10.5 Å². The second-order valence-corrected chi connectivity index (χ2v) is 9.10. The number of aromatic nitrogens is 1. The fourth-order valence-electron chi connectivity index (χ4n) is 3.27. The summed E-state index contributed by atoms with van der Waals surface area (Å²) in [7, 11) is -3.92. The molecule has 0 spiro atoms. The van der Waals surface area contributed by atoms with Crippen LogP contribution < -0.4 is 10.8 Å².